The predicted octanol–water partition coefficient (Wildman–Crippen LogP) is 2.41. The molecule has 1 aliphatic heterocycles. The summed E-state index contributed by atoms with van der Waals surface area (Å²) < 4.78 is 0. The van der Waals surface area contributed by atoms with Gasteiger partial charge in [0, 0.05) is 6.42 Å². The summed E-state index contributed by atoms with van der Waals surface area (Å²) in [5.41, 5.74) is 0. The molecule has 1 saturated heterocycles. The molecule has 0 unspecified atom stereocenters. The molecule has 1 aliphatic rings. The molecule has 0 aliphatic carbocycles. The van der Waals surface area contributed by atoms with E-state index in [0.29, 0.717) is 6.42 Å². The Balaban J connectivity index is 1.95. The van der Waals surface area contributed by atoms with Gasteiger partial charge in [0.05, 0.1) is 0 Å². The number of carbonyl (C=O) groups is 1. The van der Waals surface area contributed by atoms with E-state index in [-0.39, 0.29) is 5.24 Å². The first-order valence-corrected chi connectivity index (χ1v) is 5.57. The number of carbonyl (C=O) groups excluding carboxylic acids is 1. The Labute approximate surface area is 85.2 Å². The molecule has 0 amide bonds. The van der Waals surface area contributed by atoms with Crippen molar-refractivity contribution in [3.05, 3.63) is 0 Å². The van der Waals surface area contributed by atoms with Crippen molar-refractivity contribution in [1.82, 2.24) is 4.90 Å². The first-order valence-electron chi connectivity index (χ1n) is 5.20. The standard InChI is InChI=1S/C10H18ClNO/c11-10(13)6-2-5-9-12-7-3-1-4-8-12/h1-9H2. The van der Waals surface area contributed by atoms with Gasteiger partial charge in [-0.1, -0.05) is 6.42 Å². The van der Waals surface area contributed by atoms with E-state index < -0.39 is 0 Å². The quantitative estimate of drug-likeness (QED) is 0.505. The van der Waals surface area contributed by atoms with Gasteiger partial charge in [0.1, 0.15) is 0 Å². The highest BCUT2D eigenvalue weighted by molar-refractivity contribution is 6.63. The van der Waals surface area contributed by atoms with Gasteiger partial charge < -0.3 is 4.90 Å². The maximum Gasteiger partial charge on any atom is 0.221 e. The van der Waals surface area contributed by atoms with Crippen molar-refractivity contribution in [3.63, 3.8) is 0 Å². The van der Waals surface area contributed by atoms with Crippen LogP contribution in [0.25, 0.3) is 0 Å². The highest BCUT2D eigenvalue weighted by atomic mass is 35.5. The number of piperidine rings is 1. The molecular formula is C10H18ClNO. The second-order valence-corrected chi connectivity index (χ2v) is 4.14. The van der Waals surface area contributed by atoms with Gasteiger partial charge in [0.15, 0.2) is 0 Å². The van der Waals surface area contributed by atoms with Crippen LogP contribution in [0.15, 0.2) is 0 Å². The third-order valence-electron chi connectivity index (χ3n) is 2.55. The molecule has 0 saturated carbocycles. The largest absolute Gasteiger partial charge is 0.303 e. The molecule has 0 aromatic rings. The third kappa shape index (κ3) is 5.27. The van der Waals surface area contributed by atoms with E-state index in [1.165, 1.54) is 32.4 Å². The molecule has 0 bridgehead atoms. The molecule has 76 valence electrons. The summed E-state index contributed by atoms with van der Waals surface area (Å²) in [6, 6.07) is 0. The van der Waals surface area contributed by atoms with Crippen molar-refractivity contribution in [2.75, 3.05) is 19.6 Å². The minimum Gasteiger partial charge on any atom is -0.303 e. The zero-order chi connectivity index (χ0) is 9.52. The van der Waals surface area contributed by atoms with E-state index in [2.05, 4.69) is 4.90 Å². The number of nitrogens with zero attached hydrogens (tertiary/aromatic N) is 1. The Morgan fingerprint density at radius 3 is 2.46 bits per heavy atom. The van der Waals surface area contributed by atoms with Crippen LogP contribution in [0.5, 0.6) is 0 Å². The maximum atomic E-state index is 10.4. The molecule has 0 N–H and O–H groups in total. The van der Waals surface area contributed by atoms with Crippen LogP contribution in [-0.2, 0) is 4.79 Å². The normalized spacial score (nSPS) is 18.8. The Hall–Kier alpha value is -0.0800. The molecule has 0 radical (unpaired) electrons. The lowest BCUT2D eigenvalue weighted by molar-refractivity contribution is -0.111. The summed E-state index contributed by atoms with van der Waals surface area (Å²) in [4.78, 5) is 12.9. The Bertz CT molecular complexity index is 155. The molecule has 0 aromatic carbocycles. The van der Waals surface area contributed by atoms with Crippen molar-refractivity contribution < 1.29 is 4.79 Å². The van der Waals surface area contributed by atoms with Gasteiger partial charge in [-0.15, -0.1) is 0 Å². The van der Waals surface area contributed by atoms with E-state index in [1.807, 2.05) is 0 Å². The highest BCUT2D eigenvalue weighted by Gasteiger charge is 2.08. The van der Waals surface area contributed by atoms with Crippen LogP contribution in [0.3, 0.4) is 0 Å². The second kappa shape index (κ2) is 6.39. The number of hydrogen-bond donors (Lipinski definition) is 0. The van der Waals surface area contributed by atoms with Crippen molar-refractivity contribution in [2.45, 2.75) is 38.5 Å². The number of likely N-dealkylation sites (tertiary alicyclic amines) is 1. The topological polar surface area (TPSA) is 20.3 Å². The van der Waals surface area contributed by atoms with Crippen LogP contribution < -0.4 is 0 Å². The third-order valence-corrected chi connectivity index (χ3v) is 2.74. The molecule has 0 spiro atoms. The fraction of sp³-hybridized carbons (Fsp3) is 0.900. The maximum absolute atomic E-state index is 10.4. The van der Waals surface area contributed by atoms with Crippen LogP contribution >= 0.6 is 11.6 Å². The first kappa shape index (κ1) is 11.0. The van der Waals surface area contributed by atoms with Crippen molar-refractivity contribution in [2.24, 2.45) is 0 Å². The van der Waals surface area contributed by atoms with E-state index in [9.17, 15) is 4.79 Å². The number of hydrogen-bond acceptors (Lipinski definition) is 2. The zero-order valence-corrected chi connectivity index (χ0v) is 8.85. The van der Waals surface area contributed by atoms with Gasteiger partial charge in [-0.3, -0.25) is 4.79 Å². The highest BCUT2D eigenvalue weighted by Crippen LogP contribution is 2.10. The fourth-order valence-corrected chi connectivity index (χ4v) is 1.92. The van der Waals surface area contributed by atoms with Crippen molar-refractivity contribution in [3.8, 4) is 0 Å². The Kier molecular flexibility index (Phi) is 5.40. The van der Waals surface area contributed by atoms with Gasteiger partial charge in [-0.2, -0.15) is 0 Å². The van der Waals surface area contributed by atoms with Crippen LogP contribution in [0, 0.1) is 0 Å². The summed E-state index contributed by atoms with van der Waals surface area (Å²) in [5, 5.41) is -0.196. The van der Waals surface area contributed by atoms with Crippen molar-refractivity contribution >= 4 is 16.8 Å². The number of unbranched alkanes of at least 4 members (excludes halogenated alkanes) is 1. The molecule has 1 fully saturated rings. The lowest BCUT2D eigenvalue weighted by Gasteiger charge is -2.26. The van der Waals surface area contributed by atoms with E-state index in [0.717, 1.165) is 19.4 Å². The summed E-state index contributed by atoms with van der Waals surface area (Å²) in [7, 11) is 0. The second-order valence-electron chi connectivity index (χ2n) is 3.71. The van der Waals surface area contributed by atoms with Crippen LogP contribution in [-0.4, -0.2) is 29.8 Å². The zero-order valence-electron chi connectivity index (χ0n) is 8.10. The number of halogens is 1. The van der Waals surface area contributed by atoms with Crippen molar-refractivity contribution in [1.29, 1.82) is 0 Å². The van der Waals surface area contributed by atoms with Gasteiger partial charge in [-0.05, 0) is 56.9 Å². The molecule has 0 atom stereocenters. The summed E-state index contributed by atoms with van der Waals surface area (Å²) in [6.07, 6.45) is 6.66. The number of rotatable bonds is 5. The van der Waals surface area contributed by atoms with Gasteiger partial charge in [-0.25, -0.2) is 0 Å². The van der Waals surface area contributed by atoms with Crippen LogP contribution in [0.4, 0.5) is 0 Å². The lowest BCUT2D eigenvalue weighted by atomic mass is 10.1. The van der Waals surface area contributed by atoms with Gasteiger partial charge in [0.25, 0.3) is 0 Å². The van der Waals surface area contributed by atoms with Gasteiger partial charge in [0.2, 0.25) is 5.24 Å². The summed E-state index contributed by atoms with van der Waals surface area (Å²) in [6.45, 7) is 3.63. The summed E-state index contributed by atoms with van der Waals surface area (Å²) >= 11 is 5.25. The van der Waals surface area contributed by atoms with Crippen LogP contribution in [0.1, 0.15) is 38.5 Å². The predicted molar refractivity (Wildman–Crippen MR) is 55.0 cm³/mol. The minimum atomic E-state index is -0.196. The lowest BCUT2D eigenvalue weighted by Crippen LogP contribution is -2.30. The minimum absolute atomic E-state index is 0.196. The fourth-order valence-electron chi connectivity index (χ4n) is 1.78. The van der Waals surface area contributed by atoms with E-state index in [1.54, 1.807) is 0 Å². The van der Waals surface area contributed by atoms with Crippen LogP contribution in [0.2, 0.25) is 0 Å². The van der Waals surface area contributed by atoms with Gasteiger partial charge >= 0.3 is 0 Å². The molecule has 2 nitrogen and oxygen atoms in total. The molecule has 1 rings (SSSR count). The molecule has 1 heterocycles. The first-order chi connectivity index (χ1) is 6.29. The van der Waals surface area contributed by atoms with E-state index in [4.69, 9.17) is 11.6 Å². The molecular weight excluding hydrogens is 186 g/mol. The average Bonchev–Trinajstić information content (AvgIpc) is 2.14. The molecule has 13 heavy (non-hydrogen) atoms. The monoisotopic (exact) mass is 203 g/mol. The Morgan fingerprint density at radius 1 is 1.15 bits per heavy atom. The van der Waals surface area contributed by atoms with E-state index >= 15 is 0 Å². The molecule has 0 aromatic heterocycles. The average molecular weight is 204 g/mol. The SMILES string of the molecule is O=C(Cl)CCCCN1CCCCC1. The Morgan fingerprint density at radius 2 is 1.85 bits per heavy atom. The molecule has 3 heteroatoms. The smallest absolute Gasteiger partial charge is 0.221 e. The summed E-state index contributed by atoms with van der Waals surface area (Å²) in [5.74, 6) is 0.